The summed E-state index contributed by atoms with van der Waals surface area (Å²) >= 11 is 0. The van der Waals surface area contributed by atoms with E-state index in [0.717, 1.165) is 12.8 Å². The molecule has 86 valence electrons. The molecule has 1 aliphatic carbocycles. The van der Waals surface area contributed by atoms with Crippen molar-refractivity contribution in [2.75, 3.05) is 0 Å². The molecule has 0 aliphatic heterocycles. The van der Waals surface area contributed by atoms with E-state index in [1.807, 2.05) is 20.8 Å². The smallest absolute Gasteiger partial charge is 0.407 e. The van der Waals surface area contributed by atoms with Crippen molar-refractivity contribution in [3.05, 3.63) is 0 Å². The Labute approximate surface area is 90.4 Å². The van der Waals surface area contributed by atoms with Crippen LogP contribution in [0.2, 0.25) is 0 Å². The van der Waals surface area contributed by atoms with Gasteiger partial charge in [-0.1, -0.05) is 0 Å². The molecular weight excluding hydrogens is 194 g/mol. The largest absolute Gasteiger partial charge is 0.444 e. The van der Waals surface area contributed by atoms with E-state index >= 15 is 0 Å². The van der Waals surface area contributed by atoms with Crippen molar-refractivity contribution in [1.82, 2.24) is 5.32 Å². The Hall–Kier alpha value is -1.06. The molecule has 0 aromatic heterocycles. The third kappa shape index (κ3) is 4.81. The van der Waals surface area contributed by atoms with Crippen LogP contribution in [0.4, 0.5) is 4.79 Å². The van der Waals surface area contributed by atoms with Gasteiger partial charge in [0.2, 0.25) is 0 Å². The standard InChI is InChI=1S/C11H19NO3/c1-11(2,3)15-10(14)12-8-5-4-6-9(13)7-8/h8H,4-7H2,1-3H3,(H,12,14)/t8-/m0/s1. The van der Waals surface area contributed by atoms with Gasteiger partial charge in [0.15, 0.2) is 0 Å². The minimum atomic E-state index is -0.483. The molecular formula is C11H19NO3. The Bertz CT molecular complexity index is 255. The highest BCUT2D eigenvalue weighted by Crippen LogP contribution is 2.15. The molecule has 0 aromatic carbocycles. The van der Waals surface area contributed by atoms with Crippen molar-refractivity contribution in [1.29, 1.82) is 0 Å². The topological polar surface area (TPSA) is 55.4 Å². The van der Waals surface area contributed by atoms with Crippen molar-refractivity contribution >= 4 is 11.9 Å². The quantitative estimate of drug-likeness (QED) is 0.725. The zero-order chi connectivity index (χ0) is 11.5. The Morgan fingerprint density at radius 1 is 1.47 bits per heavy atom. The highest BCUT2D eigenvalue weighted by Gasteiger charge is 2.23. The normalized spacial score (nSPS) is 22.3. The van der Waals surface area contributed by atoms with Crippen LogP contribution in [-0.4, -0.2) is 23.5 Å². The van der Waals surface area contributed by atoms with Crippen LogP contribution < -0.4 is 5.32 Å². The summed E-state index contributed by atoms with van der Waals surface area (Å²) in [6.07, 6.45) is 2.39. The van der Waals surface area contributed by atoms with Crippen molar-refractivity contribution in [2.45, 2.75) is 58.1 Å². The third-order valence-electron chi connectivity index (χ3n) is 2.20. The predicted molar refractivity (Wildman–Crippen MR) is 56.6 cm³/mol. The van der Waals surface area contributed by atoms with Crippen molar-refractivity contribution in [3.63, 3.8) is 0 Å². The fourth-order valence-corrected chi connectivity index (χ4v) is 1.62. The number of rotatable bonds is 1. The molecule has 4 heteroatoms. The van der Waals surface area contributed by atoms with Crippen LogP contribution in [0.15, 0.2) is 0 Å². The second-order valence-corrected chi connectivity index (χ2v) is 4.98. The molecule has 1 N–H and O–H groups in total. The van der Waals surface area contributed by atoms with Crippen LogP contribution in [0, 0.1) is 0 Å². The summed E-state index contributed by atoms with van der Waals surface area (Å²) in [4.78, 5) is 22.5. The summed E-state index contributed by atoms with van der Waals surface area (Å²) < 4.78 is 5.11. The van der Waals surface area contributed by atoms with Gasteiger partial charge in [0, 0.05) is 18.9 Å². The Morgan fingerprint density at radius 3 is 2.67 bits per heavy atom. The first-order chi connectivity index (χ1) is 6.87. The van der Waals surface area contributed by atoms with E-state index in [2.05, 4.69) is 5.32 Å². The number of alkyl carbamates (subject to hydrolysis) is 1. The maximum Gasteiger partial charge on any atom is 0.407 e. The third-order valence-corrected chi connectivity index (χ3v) is 2.20. The lowest BCUT2D eigenvalue weighted by molar-refractivity contribution is -0.120. The Morgan fingerprint density at radius 2 is 2.13 bits per heavy atom. The molecule has 1 saturated carbocycles. The highest BCUT2D eigenvalue weighted by molar-refractivity contribution is 5.80. The Balaban J connectivity index is 2.34. The van der Waals surface area contributed by atoms with Crippen LogP contribution in [0.3, 0.4) is 0 Å². The van der Waals surface area contributed by atoms with Gasteiger partial charge in [0.1, 0.15) is 11.4 Å². The number of carbonyl (C=O) groups is 2. The minimum absolute atomic E-state index is 0.0406. The van der Waals surface area contributed by atoms with Crippen molar-refractivity contribution in [2.24, 2.45) is 0 Å². The molecule has 1 fully saturated rings. The molecule has 4 nitrogen and oxygen atoms in total. The maximum absolute atomic E-state index is 11.4. The highest BCUT2D eigenvalue weighted by atomic mass is 16.6. The summed E-state index contributed by atoms with van der Waals surface area (Å²) in [5.74, 6) is 0.224. The van der Waals surface area contributed by atoms with Gasteiger partial charge in [0.05, 0.1) is 0 Å². The Kier molecular flexibility index (Phi) is 3.72. The van der Waals surface area contributed by atoms with E-state index in [9.17, 15) is 9.59 Å². The lowest BCUT2D eigenvalue weighted by Crippen LogP contribution is -2.41. The molecule has 0 radical (unpaired) electrons. The van der Waals surface area contributed by atoms with E-state index in [1.54, 1.807) is 0 Å². The summed E-state index contributed by atoms with van der Waals surface area (Å²) in [5, 5.41) is 2.72. The molecule has 0 unspecified atom stereocenters. The first kappa shape index (κ1) is 12.0. The summed E-state index contributed by atoms with van der Waals surface area (Å²) in [6.45, 7) is 5.45. The van der Waals surface area contributed by atoms with E-state index in [0.29, 0.717) is 12.8 Å². The average Bonchev–Trinajstić information content (AvgIpc) is 1.99. The lowest BCUT2D eigenvalue weighted by Gasteiger charge is -2.25. The van der Waals surface area contributed by atoms with E-state index in [1.165, 1.54) is 0 Å². The van der Waals surface area contributed by atoms with Crippen LogP contribution in [0.5, 0.6) is 0 Å². The SMILES string of the molecule is CC(C)(C)OC(=O)N[C@H]1CCCC(=O)C1. The lowest BCUT2D eigenvalue weighted by atomic mass is 9.94. The fourth-order valence-electron chi connectivity index (χ4n) is 1.62. The van der Waals surface area contributed by atoms with Crippen molar-refractivity contribution < 1.29 is 14.3 Å². The van der Waals surface area contributed by atoms with Crippen LogP contribution in [-0.2, 0) is 9.53 Å². The van der Waals surface area contributed by atoms with Crippen molar-refractivity contribution in [3.8, 4) is 0 Å². The van der Waals surface area contributed by atoms with Gasteiger partial charge in [-0.15, -0.1) is 0 Å². The van der Waals surface area contributed by atoms with E-state index < -0.39 is 11.7 Å². The van der Waals surface area contributed by atoms with Gasteiger partial charge in [-0.2, -0.15) is 0 Å². The predicted octanol–water partition coefficient (Wildman–Crippen LogP) is 2.02. The molecule has 1 aliphatic rings. The van der Waals surface area contributed by atoms with Gasteiger partial charge in [-0.05, 0) is 33.6 Å². The van der Waals surface area contributed by atoms with Gasteiger partial charge >= 0.3 is 6.09 Å². The van der Waals surface area contributed by atoms with Gasteiger partial charge in [-0.3, -0.25) is 4.79 Å². The van der Waals surface area contributed by atoms with E-state index in [4.69, 9.17) is 4.74 Å². The van der Waals surface area contributed by atoms with Crippen LogP contribution in [0.25, 0.3) is 0 Å². The molecule has 0 heterocycles. The summed E-state index contributed by atoms with van der Waals surface area (Å²) in [5.41, 5.74) is -0.483. The summed E-state index contributed by atoms with van der Waals surface area (Å²) in [6, 6.07) is -0.0406. The van der Waals surface area contributed by atoms with Gasteiger partial charge < -0.3 is 10.1 Å². The first-order valence-corrected chi connectivity index (χ1v) is 5.38. The van der Waals surface area contributed by atoms with E-state index in [-0.39, 0.29) is 11.8 Å². The molecule has 0 saturated heterocycles. The van der Waals surface area contributed by atoms with Crippen LogP contribution >= 0.6 is 0 Å². The minimum Gasteiger partial charge on any atom is -0.444 e. The zero-order valence-corrected chi connectivity index (χ0v) is 9.63. The number of amides is 1. The molecule has 15 heavy (non-hydrogen) atoms. The average molecular weight is 213 g/mol. The molecule has 1 rings (SSSR count). The molecule has 1 atom stereocenters. The molecule has 1 amide bonds. The first-order valence-electron chi connectivity index (χ1n) is 5.38. The number of hydrogen-bond donors (Lipinski definition) is 1. The summed E-state index contributed by atoms with van der Waals surface area (Å²) in [7, 11) is 0. The number of ketones is 1. The maximum atomic E-state index is 11.4. The second-order valence-electron chi connectivity index (χ2n) is 4.98. The van der Waals surface area contributed by atoms with Gasteiger partial charge in [-0.25, -0.2) is 4.79 Å². The van der Waals surface area contributed by atoms with Gasteiger partial charge in [0.25, 0.3) is 0 Å². The van der Waals surface area contributed by atoms with Crippen LogP contribution in [0.1, 0.15) is 46.5 Å². The number of Topliss-reactive ketones (excluding diaryl/α,β-unsaturated/α-hetero) is 1. The monoisotopic (exact) mass is 213 g/mol. The zero-order valence-electron chi connectivity index (χ0n) is 9.63. The number of carbonyl (C=O) groups excluding carboxylic acids is 2. The molecule has 0 aromatic rings. The second kappa shape index (κ2) is 4.64. The number of nitrogens with one attached hydrogen (secondary N) is 1. The number of ether oxygens (including phenoxy) is 1. The fraction of sp³-hybridized carbons (Fsp3) is 0.818. The number of hydrogen-bond acceptors (Lipinski definition) is 3. The molecule has 0 spiro atoms. The molecule has 0 bridgehead atoms.